The Morgan fingerprint density at radius 2 is 2.00 bits per heavy atom. The largest absolute Gasteiger partial charge is 0.496 e. The van der Waals surface area contributed by atoms with E-state index in [1.165, 1.54) is 4.31 Å². The topological polar surface area (TPSA) is 46.6 Å². The van der Waals surface area contributed by atoms with Crippen LogP contribution < -0.4 is 4.74 Å². The number of nitrogens with zero attached hydrogens (tertiary/aromatic N) is 1. The Hall–Kier alpha value is -0.590. The smallest absolute Gasteiger partial charge is 0.243 e. The minimum atomic E-state index is -3.45. The molecule has 0 N–H and O–H groups in total. The van der Waals surface area contributed by atoms with Crippen LogP contribution in [0.5, 0.6) is 5.75 Å². The van der Waals surface area contributed by atoms with Crippen molar-refractivity contribution >= 4 is 26.0 Å². The average Bonchev–Trinajstić information content (AvgIpc) is 2.35. The molecule has 1 rings (SSSR count). The van der Waals surface area contributed by atoms with E-state index >= 15 is 0 Å². The molecular formula is C13H20BrNO3S. The highest BCUT2D eigenvalue weighted by Gasteiger charge is 2.24. The quantitative estimate of drug-likeness (QED) is 0.792. The molecule has 0 radical (unpaired) electrons. The number of methoxy groups -OCH3 is 1. The van der Waals surface area contributed by atoms with Gasteiger partial charge in [0.15, 0.2) is 0 Å². The summed E-state index contributed by atoms with van der Waals surface area (Å²) in [5.41, 5.74) is 0. The van der Waals surface area contributed by atoms with Crippen molar-refractivity contribution in [3.8, 4) is 5.75 Å². The lowest BCUT2D eigenvalue weighted by atomic mass is 10.2. The molecule has 19 heavy (non-hydrogen) atoms. The van der Waals surface area contributed by atoms with Crippen molar-refractivity contribution in [2.75, 3.05) is 20.2 Å². The second kappa shape index (κ2) is 6.72. The van der Waals surface area contributed by atoms with Crippen LogP contribution in [0.2, 0.25) is 0 Å². The van der Waals surface area contributed by atoms with Gasteiger partial charge in [0.05, 0.1) is 16.5 Å². The zero-order valence-electron chi connectivity index (χ0n) is 11.7. The van der Waals surface area contributed by atoms with Crippen molar-refractivity contribution in [2.45, 2.75) is 25.7 Å². The fraction of sp³-hybridized carbons (Fsp3) is 0.538. The van der Waals surface area contributed by atoms with Crippen LogP contribution in [-0.2, 0) is 10.0 Å². The average molecular weight is 350 g/mol. The molecule has 0 fully saturated rings. The van der Waals surface area contributed by atoms with Crippen LogP contribution in [0, 0.1) is 5.92 Å². The van der Waals surface area contributed by atoms with Gasteiger partial charge in [-0.25, -0.2) is 8.42 Å². The minimum Gasteiger partial charge on any atom is -0.496 e. The molecule has 0 spiro atoms. The molecule has 1 aromatic carbocycles. The van der Waals surface area contributed by atoms with Gasteiger partial charge in [0.25, 0.3) is 0 Å². The predicted octanol–water partition coefficient (Wildman–Crippen LogP) is 3.12. The van der Waals surface area contributed by atoms with E-state index in [2.05, 4.69) is 15.9 Å². The molecule has 1 aromatic rings. The first-order valence-corrected chi connectivity index (χ1v) is 8.39. The standard InChI is InChI=1S/C13H20BrNO3S/c1-5-15(9-10(2)3)19(16,17)11-6-7-13(18-4)12(14)8-11/h6-8,10H,5,9H2,1-4H3. The number of benzene rings is 1. The molecule has 0 amide bonds. The number of halogens is 1. The molecule has 0 saturated heterocycles. The van der Waals surface area contributed by atoms with Gasteiger partial charge in [-0.15, -0.1) is 0 Å². The van der Waals surface area contributed by atoms with Crippen molar-refractivity contribution in [1.29, 1.82) is 0 Å². The van der Waals surface area contributed by atoms with E-state index in [0.29, 0.717) is 23.3 Å². The molecule has 0 aromatic heterocycles. The Morgan fingerprint density at radius 3 is 2.42 bits per heavy atom. The molecular weight excluding hydrogens is 330 g/mol. The van der Waals surface area contributed by atoms with Gasteiger partial charge < -0.3 is 4.74 Å². The van der Waals surface area contributed by atoms with Gasteiger partial charge in [-0.05, 0) is 40.0 Å². The van der Waals surface area contributed by atoms with Crippen LogP contribution in [0.4, 0.5) is 0 Å². The number of hydrogen-bond acceptors (Lipinski definition) is 3. The lowest BCUT2D eigenvalue weighted by Gasteiger charge is -2.22. The van der Waals surface area contributed by atoms with Gasteiger partial charge in [0.2, 0.25) is 10.0 Å². The Kier molecular flexibility index (Phi) is 5.82. The van der Waals surface area contributed by atoms with E-state index < -0.39 is 10.0 Å². The van der Waals surface area contributed by atoms with E-state index in [0.717, 1.165) is 0 Å². The van der Waals surface area contributed by atoms with Gasteiger partial charge >= 0.3 is 0 Å². The number of rotatable bonds is 6. The first kappa shape index (κ1) is 16.5. The summed E-state index contributed by atoms with van der Waals surface area (Å²) in [6.07, 6.45) is 0. The first-order chi connectivity index (χ1) is 8.82. The zero-order valence-corrected chi connectivity index (χ0v) is 14.1. The Balaban J connectivity index is 3.15. The van der Waals surface area contributed by atoms with Crippen molar-refractivity contribution in [3.05, 3.63) is 22.7 Å². The summed E-state index contributed by atoms with van der Waals surface area (Å²) in [5, 5.41) is 0. The molecule has 0 saturated carbocycles. The minimum absolute atomic E-state index is 0.280. The summed E-state index contributed by atoms with van der Waals surface area (Å²) in [7, 11) is -1.90. The Labute approximate surface area is 123 Å². The molecule has 0 atom stereocenters. The molecule has 0 aliphatic rings. The third-order valence-electron chi connectivity index (χ3n) is 2.68. The lowest BCUT2D eigenvalue weighted by Crippen LogP contribution is -2.34. The maximum Gasteiger partial charge on any atom is 0.243 e. The molecule has 6 heteroatoms. The summed E-state index contributed by atoms with van der Waals surface area (Å²) >= 11 is 3.31. The highest BCUT2D eigenvalue weighted by Crippen LogP contribution is 2.28. The number of hydrogen-bond donors (Lipinski definition) is 0. The van der Waals surface area contributed by atoms with E-state index in [9.17, 15) is 8.42 Å². The third kappa shape index (κ3) is 3.94. The fourth-order valence-corrected chi connectivity index (χ4v) is 4.09. The van der Waals surface area contributed by atoms with Crippen LogP contribution in [0.1, 0.15) is 20.8 Å². The molecule has 0 unspecified atom stereocenters. The molecule has 0 aliphatic heterocycles. The lowest BCUT2D eigenvalue weighted by molar-refractivity contribution is 0.380. The summed E-state index contributed by atoms with van der Waals surface area (Å²) in [6.45, 7) is 6.83. The molecule has 0 aliphatic carbocycles. The van der Waals surface area contributed by atoms with Crippen molar-refractivity contribution in [2.24, 2.45) is 5.92 Å². The molecule has 0 bridgehead atoms. The number of ether oxygens (including phenoxy) is 1. The highest BCUT2D eigenvalue weighted by atomic mass is 79.9. The van der Waals surface area contributed by atoms with Crippen LogP contribution in [0.15, 0.2) is 27.6 Å². The van der Waals surface area contributed by atoms with Crippen LogP contribution in [0.3, 0.4) is 0 Å². The van der Waals surface area contributed by atoms with Crippen LogP contribution in [-0.4, -0.2) is 32.9 Å². The normalized spacial score (nSPS) is 12.2. The molecule has 4 nitrogen and oxygen atoms in total. The zero-order chi connectivity index (χ0) is 14.6. The first-order valence-electron chi connectivity index (χ1n) is 6.16. The van der Waals surface area contributed by atoms with Crippen LogP contribution >= 0.6 is 15.9 Å². The van der Waals surface area contributed by atoms with Crippen molar-refractivity contribution in [1.82, 2.24) is 4.31 Å². The maximum absolute atomic E-state index is 12.5. The number of sulfonamides is 1. The van der Waals surface area contributed by atoms with Gasteiger partial charge in [0, 0.05) is 13.1 Å². The second-order valence-corrected chi connectivity index (χ2v) is 7.44. The van der Waals surface area contributed by atoms with Crippen LogP contribution in [0.25, 0.3) is 0 Å². The predicted molar refractivity (Wildman–Crippen MR) is 80.0 cm³/mol. The second-order valence-electron chi connectivity index (χ2n) is 4.65. The van der Waals surface area contributed by atoms with Crippen molar-refractivity contribution in [3.63, 3.8) is 0 Å². The van der Waals surface area contributed by atoms with Gasteiger partial charge in [-0.2, -0.15) is 4.31 Å². The SMILES string of the molecule is CCN(CC(C)C)S(=O)(=O)c1ccc(OC)c(Br)c1. The third-order valence-corrected chi connectivity index (χ3v) is 5.24. The van der Waals surface area contributed by atoms with Crippen molar-refractivity contribution < 1.29 is 13.2 Å². The molecule has 0 heterocycles. The van der Waals surface area contributed by atoms with Gasteiger partial charge in [0.1, 0.15) is 5.75 Å². The summed E-state index contributed by atoms with van der Waals surface area (Å²) in [4.78, 5) is 0.280. The summed E-state index contributed by atoms with van der Waals surface area (Å²) in [6, 6.07) is 4.80. The van der Waals surface area contributed by atoms with Gasteiger partial charge in [-0.3, -0.25) is 0 Å². The van der Waals surface area contributed by atoms with E-state index in [-0.39, 0.29) is 10.8 Å². The van der Waals surface area contributed by atoms with E-state index in [1.54, 1.807) is 25.3 Å². The summed E-state index contributed by atoms with van der Waals surface area (Å²) in [5.74, 6) is 0.905. The van der Waals surface area contributed by atoms with E-state index in [4.69, 9.17) is 4.74 Å². The fourth-order valence-electron chi connectivity index (χ4n) is 1.76. The van der Waals surface area contributed by atoms with E-state index in [1.807, 2.05) is 20.8 Å². The monoisotopic (exact) mass is 349 g/mol. The Morgan fingerprint density at radius 1 is 1.37 bits per heavy atom. The highest BCUT2D eigenvalue weighted by molar-refractivity contribution is 9.10. The molecule has 108 valence electrons. The summed E-state index contributed by atoms with van der Waals surface area (Å²) < 4.78 is 32.3. The van der Waals surface area contributed by atoms with Gasteiger partial charge in [-0.1, -0.05) is 20.8 Å². The Bertz CT molecular complexity index is 529. The maximum atomic E-state index is 12.5.